The first kappa shape index (κ1) is 22.4. The van der Waals surface area contributed by atoms with E-state index >= 15 is 0 Å². The first-order valence-corrected chi connectivity index (χ1v) is 11.0. The predicted molar refractivity (Wildman–Crippen MR) is 130 cm³/mol. The number of carbonyl (C=O) groups is 1. The molecule has 0 aliphatic rings. The van der Waals surface area contributed by atoms with Crippen molar-refractivity contribution in [2.75, 3.05) is 11.9 Å². The van der Waals surface area contributed by atoms with Gasteiger partial charge in [-0.05, 0) is 42.2 Å². The standard InChI is InChI=1S/C26H28N6O/c1-18(21-10-9-19(2)27-14-21)13-29-25(20-7-5-4-6-8-20)26(33)31-24-12-11-22(15-28-24)23-16-30-32(3)17-23/h4-12,14-18,25,29H,13H2,1-3H3,(H,28,31,33)/t18-,25-/m1/s1. The first-order valence-electron chi connectivity index (χ1n) is 11.0. The monoisotopic (exact) mass is 440 g/mol. The van der Waals surface area contributed by atoms with Crippen LogP contribution in [0.5, 0.6) is 0 Å². The zero-order chi connectivity index (χ0) is 23.2. The minimum absolute atomic E-state index is 0.156. The van der Waals surface area contributed by atoms with E-state index in [2.05, 4.69) is 38.7 Å². The lowest BCUT2D eigenvalue weighted by molar-refractivity contribution is -0.118. The fourth-order valence-corrected chi connectivity index (χ4v) is 3.60. The minimum Gasteiger partial charge on any atom is -0.309 e. The largest absolute Gasteiger partial charge is 0.309 e. The second-order valence-electron chi connectivity index (χ2n) is 8.21. The quantitative estimate of drug-likeness (QED) is 0.428. The summed E-state index contributed by atoms with van der Waals surface area (Å²) in [5.74, 6) is 0.553. The highest BCUT2D eigenvalue weighted by atomic mass is 16.2. The van der Waals surface area contributed by atoms with Gasteiger partial charge in [0.25, 0.3) is 0 Å². The van der Waals surface area contributed by atoms with E-state index in [-0.39, 0.29) is 11.8 Å². The lowest BCUT2D eigenvalue weighted by Crippen LogP contribution is -2.35. The summed E-state index contributed by atoms with van der Waals surface area (Å²) in [4.78, 5) is 22.0. The number of aryl methyl sites for hydroxylation is 2. The summed E-state index contributed by atoms with van der Waals surface area (Å²) in [5, 5.41) is 10.6. The topological polar surface area (TPSA) is 84.7 Å². The average molecular weight is 441 g/mol. The van der Waals surface area contributed by atoms with Gasteiger partial charge < -0.3 is 10.6 Å². The van der Waals surface area contributed by atoms with E-state index in [9.17, 15) is 4.79 Å². The van der Waals surface area contributed by atoms with Crippen molar-refractivity contribution in [1.29, 1.82) is 0 Å². The molecule has 3 heterocycles. The summed E-state index contributed by atoms with van der Waals surface area (Å²) < 4.78 is 1.74. The van der Waals surface area contributed by atoms with Crippen LogP contribution < -0.4 is 10.6 Å². The number of hydrogen-bond donors (Lipinski definition) is 2. The lowest BCUT2D eigenvalue weighted by Gasteiger charge is -2.21. The molecule has 0 radical (unpaired) electrons. The van der Waals surface area contributed by atoms with Crippen molar-refractivity contribution >= 4 is 11.7 Å². The summed E-state index contributed by atoms with van der Waals surface area (Å²) in [6.07, 6.45) is 7.35. The SMILES string of the molecule is Cc1ccc([C@H](C)CN[C@@H](C(=O)Nc2ccc(-c3cnn(C)c3)cn2)c2ccccc2)cn1. The summed E-state index contributed by atoms with van der Waals surface area (Å²) >= 11 is 0. The molecular formula is C26H28N6O. The van der Waals surface area contributed by atoms with Crippen molar-refractivity contribution in [3.63, 3.8) is 0 Å². The van der Waals surface area contributed by atoms with Gasteiger partial charge in [-0.2, -0.15) is 5.10 Å². The lowest BCUT2D eigenvalue weighted by atomic mass is 10.0. The van der Waals surface area contributed by atoms with Gasteiger partial charge in [-0.1, -0.05) is 43.3 Å². The van der Waals surface area contributed by atoms with Crippen molar-refractivity contribution < 1.29 is 4.79 Å². The molecule has 0 fully saturated rings. The van der Waals surface area contributed by atoms with Gasteiger partial charge >= 0.3 is 0 Å². The molecule has 2 atom stereocenters. The summed E-state index contributed by atoms with van der Waals surface area (Å²) in [7, 11) is 1.87. The van der Waals surface area contributed by atoms with Crippen molar-refractivity contribution in [3.05, 3.63) is 96.2 Å². The molecule has 0 spiro atoms. The number of anilines is 1. The van der Waals surface area contributed by atoms with Crippen molar-refractivity contribution in [2.24, 2.45) is 7.05 Å². The maximum absolute atomic E-state index is 13.2. The van der Waals surface area contributed by atoms with Crippen molar-refractivity contribution in [2.45, 2.75) is 25.8 Å². The third-order valence-corrected chi connectivity index (χ3v) is 5.58. The van der Waals surface area contributed by atoms with Crippen LogP contribution in [0.1, 0.15) is 35.7 Å². The van der Waals surface area contributed by atoms with Gasteiger partial charge in [0.05, 0.1) is 6.20 Å². The summed E-state index contributed by atoms with van der Waals surface area (Å²) in [6.45, 7) is 4.73. The number of carbonyl (C=O) groups excluding carboxylic acids is 1. The van der Waals surface area contributed by atoms with Crippen LogP contribution in [0.25, 0.3) is 11.1 Å². The van der Waals surface area contributed by atoms with E-state index in [1.807, 2.05) is 74.9 Å². The molecule has 3 aromatic heterocycles. The highest BCUT2D eigenvalue weighted by Crippen LogP contribution is 2.21. The Morgan fingerprint density at radius 1 is 0.939 bits per heavy atom. The molecule has 0 bridgehead atoms. The first-order chi connectivity index (χ1) is 16.0. The second kappa shape index (κ2) is 10.2. The molecule has 2 N–H and O–H groups in total. The van der Waals surface area contributed by atoms with E-state index < -0.39 is 6.04 Å². The minimum atomic E-state index is -0.508. The van der Waals surface area contributed by atoms with Crippen molar-refractivity contribution in [3.8, 4) is 11.1 Å². The van der Waals surface area contributed by atoms with Crippen molar-refractivity contribution in [1.82, 2.24) is 25.1 Å². The Kier molecular flexibility index (Phi) is 6.90. The van der Waals surface area contributed by atoms with E-state index in [1.165, 1.54) is 0 Å². The maximum atomic E-state index is 13.2. The molecule has 0 saturated heterocycles. The average Bonchev–Trinajstić information content (AvgIpc) is 3.27. The number of hydrogen-bond acceptors (Lipinski definition) is 5. The zero-order valence-corrected chi connectivity index (χ0v) is 19.1. The Bertz CT molecular complexity index is 1190. The third kappa shape index (κ3) is 5.70. The van der Waals surface area contributed by atoms with Crippen LogP contribution >= 0.6 is 0 Å². The number of benzene rings is 1. The molecule has 0 aliphatic heterocycles. The van der Waals surface area contributed by atoms with E-state index in [4.69, 9.17) is 0 Å². The molecular weight excluding hydrogens is 412 g/mol. The second-order valence-corrected chi connectivity index (χ2v) is 8.21. The number of pyridine rings is 2. The van der Waals surface area contributed by atoms with Crippen LogP contribution in [0.15, 0.2) is 79.4 Å². The number of rotatable bonds is 8. The van der Waals surface area contributed by atoms with Crippen LogP contribution in [-0.2, 0) is 11.8 Å². The Morgan fingerprint density at radius 2 is 1.76 bits per heavy atom. The molecule has 33 heavy (non-hydrogen) atoms. The molecule has 1 amide bonds. The van der Waals surface area contributed by atoms with E-state index in [0.29, 0.717) is 12.4 Å². The highest BCUT2D eigenvalue weighted by Gasteiger charge is 2.22. The van der Waals surface area contributed by atoms with E-state index in [0.717, 1.165) is 27.9 Å². The van der Waals surface area contributed by atoms with Gasteiger partial charge in [0.15, 0.2) is 0 Å². The van der Waals surface area contributed by atoms with Gasteiger partial charge in [-0.3, -0.25) is 14.5 Å². The van der Waals surface area contributed by atoms with Gasteiger partial charge in [0.1, 0.15) is 11.9 Å². The molecule has 168 valence electrons. The molecule has 1 aromatic carbocycles. The fourth-order valence-electron chi connectivity index (χ4n) is 3.60. The van der Waals surface area contributed by atoms with Gasteiger partial charge in [-0.25, -0.2) is 4.98 Å². The maximum Gasteiger partial charge on any atom is 0.247 e. The van der Waals surface area contributed by atoms with Crippen LogP contribution in [0.2, 0.25) is 0 Å². The Labute approximate surface area is 193 Å². The molecule has 0 aliphatic carbocycles. The molecule has 7 nitrogen and oxygen atoms in total. The zero-order valence-electron chi connectivity index (χ0n) is 19.1. The number of aromatic nitrogens is 4. The van der Waals surface area contributed by atoms with Gasteiger partial charge in [-0.15, -0.1) is 0 Å². The normalized spacial score (nSPS) is 12.8. The molecule has 0 saturated carbocycles. The smallest absolute Gasteiger partial charge is 0.247 e. The Hall–Kier alpha value is -3.84. The molecule has 0 unspecified atom stereocenters. The van der Waals surface area contributed by atoms with E-state index in [1.54, 1.807) is 17.1 Å². The highest BCUT2D eigenvalue weighted by molar-refractivity contribution is 5.95. The van der Waals surface area contributed by atoms with Crippen LogP contribution in [0, 0.1) is 6.92 Å². The molecule has 7 heteroatoms. The summed E-state index contributed by atoms with van der Waals surface area (Å²) in [5.41, 5.74) is 4.94. The Morgan fingerprint density at radius 3 is 2.39 bits per heavy atom. The fraction of sp³-hybridized carbons (Fsp3) is 0.231. The van der Waals surface area contributed by atoms with Crippen LogP contribution in [0.3, 0.4) is 0 Å². The molecule has 4 rings (SSSR count). The third-order valence-electron chi connectivity index (χ3n) is 5.58. The van der Waals surface area contributed by atoms with Gasteiger partial charge in [0, 0.05) is 49.0 Å². The Balaban J connectivity index is 1.46. The summed E-state index contributed by atoms with van der Waals surface area (Å²) in [6, 6.07) is 17.0. The van der Waals surface area contributed by atoms with Crippen LogP contribution in [-0.4, -0.2) is 32.2 Å². The number of nitrogens with one attached hydrogen (secondary N) is 2. The number of amides is 1. The van der Waals surface area contributed by atoms with Crippen LogP contribution in [0.4, 0.5) is 5.82 Å². The molecule has 4 aromatic rings. The van der Waals surface area contributed by atoms with Gasteiger partial charge in [0.2, 0.25) is 5.91 Å². The predicted octanol–water partition coefficient (Wildman–Crippen LogP) is 4.26. The number of nitrogens with zero attached hydrogens (tertiary/aromatic N) is 4.